The molecule has 4 aromatic rings. The van der Waals surface area contributed by atoms with Crippen LogP contribution >= 0.6 is 0 Å². The third-order valence-electron chi connectivity index (χ3n) is 8.28. The summed E-state index contributed by atoms with van der Waals surface area (Å²) >= 11 is 0. The number of nitrogens with one attached hydrogen (secondary N) is 1. The van der Waals surface area contributed by atoms with Gasteiger partial charge < -0.3 is 19.7 Å². The lowest BCUT2D eigenvalue weighted by Gasteiger charge is -2.37. The average Bonchev–Trinajstić information content (AvgIpc) is 3.48. The van der Waals surface area contributed by atoms with Gasteiger partial charge >= 0.3 is 0 Å². The molecule has 10 heteroatoms. The maximum absolute atomic E-state index is 15.0. The number of carbonyl (C=O) groups excluding carboxylic acids is 1. The van der Waals surface area contributed by atoms with Gasteiger partial charge in [0, 0.05) is 48.0 Å². The van der Waals surface area contributed by atoms with E-state index in [1.807, 2.05) is 30.2 Å². The van der Waals surface area contributed by atoms with E-state index >= 15 is 4.39 Å². The molecule has 2 fully saturated rings. The minimum absolute atomic E-state index is 0.0137. The molecule has 0 spiro atoms. The minimum Gasteiger partial charge on any atom is -0.342 e. The summed E-state index contributed by atoms with van der Waals surface area (Å²) in [6.07, 6.45) is 4.70. The molecule has 40 heavy (non-hydrogen) atoms. The molecule has 2 aliphatic heterocycles. The number of fused-ring (bicyclic) bond motifs is 2. The smallest absolute Gasteiger partial charge is 0.255 e. The lowest BCUT2D eigenvalue weighted by atomic mass is 9.92. The van der Waals surface area contributed by atoms with Gasteiger partial charge in [-0.2, -0.15) is 0 Å². The Labute approximate surface area is 232 Å². The van der Waals surface area contributed by atoms with Crippen molar-refractivity contribution in [2.45, 2.75) is 45.7 Å². The van der Waals surface area contributed by atoms with Crippen LogP contribution in [0.3, 0.4) is 0 Å². The van der Waals surface area contributed by atoms with Crippen LogP contribution in [0.1, 0.15) is 48.8 Å². The summed E-state index contributed by atoms with van der Waals surface area (Å²) in [5.74, 6) is -0.0635. The monoisotopic (exact) mass is 545 g/mol. The van der Waals surface area contributed by atoms with E-state index in [1.54, 1.807) is 24.3 Å². The highest BCUT2D eigenvalue weighted by molar-refractivity contribution is 5.94. The lowest BCUT2D eigenvalue weighted by molar-refractivity contribution is 0.0616. The van der Waals surface area contributed by atoms with Crippen molar-refractivity contribution in [2.24, 2.45) is 5.92 Å². The molecule has 2 aliphatic rings. The Morgan fingerprint density at radius 3 is 2.62 bits per heavy atom. The minimum atomic E-state index is -0.658. The van der Waals surface area contributed by atoms with Crippen molar-refractivity contribution >= 4 is 28.6 Å². The summed E-state index contributed by atoms with van der Waals surface area (Å²) in [6.45, 7) is 8.56. The van der Waals surface area contributed by atoms with Crippen molar-refractivity contribution in [1.82, 2.24) is 29.3 Å². The number of piperidine rings is 1. The first-order valence-corrected chi connectivity index (χ1v) is 13.8. The van der Waals surface area contributed by atoms with Crippen LogP contribution in [0.4, 0.5) is 20.5 Å². The van der Waals surface area contributed by atoms with Crippen molar-refractivity contribution in [3.63, 3.8) is 0 Å². The zero-order chi connectivity index (χ0) is 28.1. The number of aryl methyl sites for hydroxylation is 1. The van der Waals surface area contributed by atoms with Gasteiger partial charge in [-0.15, -0.1) is 0 Å². The van der Waals surface area contributed by atoms with Crippen molar-refractivity contribution in [3.8, 4) is 11.3 Å². The molecular formula is C30H33F2N7O. The van der Waals surface area contributed by atoms with Gasteiger partial charge in [0.05, 0.1) is 17.3 Å². The third kappa shape index (κ3) is 4.70. The van der Waals surface area contributed by atoms with Crippen LogP contribution < -0.4 is 5.32 Å². The number of carbonyl (C=O) groups is 1. The quantitative estimate of drug-likeness (QED) is 0.353. The molecule has 5 heterocycles. The van der Waals surface area contributed by atoms with E-state index in [0.717, 1.165) is 44.4 Å². The Morgan fingerprint density at radius 2 is 1.88 bits per heavy atom. The fourth-order valence-electron chi connectivity index (χ4n) is 6.36. The fraction of sp³-hybridized carbons (Fsp3) is 0.400. The van der Waals surface area contributed by atoms with Gasteiger partial charge in [-0.05, 0) is 83.5 Å². The Balaban J connectivity index is 1.21. The van der Waals surface area contributed by atoms with Gasteiger partial charge in [-0.1, -0.05) is 0 Å². The molecule has 208 valence electrons. The molecule has 1 aromatic carbocycles. The summed E-state index contributed by atoms with van der Waals surface area (Å²) in [4.78, 5) is 30.2. The van der Waals surface area contributed by atoms with Crippen LogP contribution in [-0.2, 0) is 0 Å². The molecule has 2 atom stereocenters. The number of hydrogen-bond acceptors (Lipinski definition) is 6. The predicted molar refractivity (Wildman–Crippen MR) is 151 cm³/mol. The topological polar surface area (TPSA) is 79.2 Å². The number of nitrogens with zero attached hydrogens (tertiary/aromatic N) is 6. The van der Waals surface area contributed by atoms with Gasteiger partial charge in [0.2, 0.25) is 5.95 Å². The van der Waals surface area contributed by atoms with Crippen LogP contribution in [0, 0.1) is 24.5 Å². The van der Waals surface area contributed by atoms with Crippen LogP contribution in [0.5, 0.6) is 0 Å². The molecule has 0 saturated carbocycles. The molecule has 0 aliphatic carbocycles. The molecule has 6 rings (SSSR count). The summed E-state index contributed by atoms with van der Waals surface area (Å²) in [5, 5.41) is 3.47. The van der Waals surface area contributed by atoms with Gasteiger partial charge in [-0.3, -0.25) is 4.79 Å². The average molecular weight is 546 g/mol. The van der Waals surface area contributed by atoms with E-state index in [-0.39, 0.29) is 23.6 Å². The molecular weight excluding hydrogens is 512 g/mol. The van der Waals surface area contributed by atoms with E-state index in [0.29, 0.717) is 39.8 Å². The molecule has 0 bridgehead atoms. The number of benzene rings is 1. The van der Waals surface area contributed by atoms with Gasteiger partial charge in [0.25, 0.3) is 5.91 Å². The molecule has 1 amide bonds. The van der Waals surface area contributed by atoms with E-state index in [1.165, 1.54) is 12.3 Å². The Hall–Kier alpha value is -3.92. The van der Waals surface area contributed by atoms with E-state index in [2.05, 4.69) is 32.2 Å². The third-order valence-corrected chi connectivity index (χ3v) is 8.28. The van der Waals surface area contributed by atoms with Crippen LogP contribution in [0.15, 0.2) is 42.7 Å². The standard InChI is InChI=1S/C30H33F2N7O/c1-17(2)39-18(3)11-22-23(31)12-21(13-26(22)39)28-24(32)15-34-30(36-28)35-27-6-5-19(14-33-27)29(40)38-10-8-25-20(16-38)7-9-37(25)4/h5-6,11-15,17,20,25H,7-10,16H2,1-4H3,(H,33,34,35,36). The summed E-state index contributed by atoms with van der Waals surface area (Å²) in [5.41, 5.74) is 2.43. The molecule has 1 N–H and O–H groups in total. The number of amides is 1. The molecule has 8 nitrogen and oxygen atoms in total. The molecule has 0 radical (unpaired) electrons. The Kier molecular flexibility index (Phi) is 6.74. The Morgan fingerprint density at radius 1 is 1.05 bits per heavy atom. The number of anilines is 2. The van der Waals surface area contributed by atoms with Crippen LogP contribution in [0.2, 0.25) is 0 Å². The maximum atomic E-state index is 15.0. The first-order chi connectivity index (χ1) is 19.2. The fourth-order valence-corrected chi connectivity index (χ4v) is 6.36. The van der Waals surface area contributed by atoms with Gasteiger partial charge in [0.1, 0.15) is 17.3 Å². The van der Waals surface area contributed by atoms with E-state index in [9.17, 15) is 9.18 Å². The van der Waals surface area contributed by atoms with E-state index in [4.69, 9.17) is 0 Å². The van der Waals surface area contributed by atoms with Gasteiger partial charge in [-0.25, -0.2) is 23.7 Å². The molecule has 2 saturated heterocycles. The maximum Gasteiger partial charge on any atom is 0.255 e. The van der Waals surface area contributed by atoms with Crippen molar-refractivity contribution in [2.75, 3.05) is 32.0 Å². The normalized spacial score (nSPS) is 19.4. The first-order valence-electron chi connectivity index (χ1n) is 13.8. The SMILES string of the molecule is Cc1cc2c(F)cc(-c3nc(Nc4ccc(C(=O)N5CCC6C(CCN6C)C5)cn4)ncc3F)cc2n1C(C)C. The van der Waals surface area contributed by atoms with Crippen molar-refractivity contribution in [1.29, 1.82) is 0 Å². The molecule has 2 unspecified atom stereocenters. The number of aromatic nitrogens is 4. The number of halogens is 2. The number of pyridine rings is 1. The van der Waals surface area contributed by atoms with Crippen molar-refractivity contribution < 1.29 is 13.6 Å². The zero-order valence-electron chi connectivity index (χ0n) is 23.2. The Bertz CT molecular complexity index is 1580. The van der Waals surface area contributed by atoms with Crippen LogP contribution in [0.25, 0.3) is 22.2 Å². The van der Waals surface area contributed by atoms with Crippen molar-refractivity contribution in [3.05, 3.63) is 65.6 Å². The lowest BCUT2D eigenvalue weighted by Crippen LogP contribution is -2.47. The second-order valence-electron chi connectivity index (χ2n) is 11.2. The highest BCUT2D eigenvalue weighted by atomic mass is 19.1. The molecule has 3 aromatic heterocycles. The number of hydrogen-bond donors (Lipinski definition) is 1. The summed E-state index contributed by atoms with van der Waals surface area (Å²) in [6, 6.07) is 8.93. The van der Waals surface area contributed by atoms with Gasteiger partial charge in [0.15, 0.2) is 5.82 Å². The second kappa shape index (κ2) is 10.2. The van der Waals surface area contributed by atoms with Crippen LogP contribution in [-0.4, -0.2) is 67.9 Å². The highest BCUT2D eigenvalue weighted by Gasteiger charge is 2.37. The summed E-state index contributed by atoms with van der Waals surface area (Å²) < 4.78 is 31.9. The van der Waals surface area contributed by atoms with E-state index < -0.39 is 11.6 Å². The number of rotatable bonds is 5. The first kappa shape index (κ1) is 26.3. The zero-order valence-corrected chi connectivity index (χ0v) is 23.2. The number of likely N-dealkylation sites (tertiary alicyclic amines) is 2. The predicted octanol–water partition coefficient (Wildman–Crippen LogP) is 5.57. The summed E-state index contributed by atoms with van der Waals surface area (Å²) in [7, 11) is 2.16. The largest absolute Gasteiger partial charge is 0.342 e. The highest BCUT2D eigenvalue weighted by Crippen LogP contribution is 2.33. The second-order valence-corrected chi connectivity index (χ2v) is 11.2.